The summed E-state index contributed by atoms with van der Waals surface area (Å²) < 4.78 is 5.81. The number of benzene rings is 1. The van der Waals surface area contributed by atoms with Gasteiger partial charge in [0.15, 0.2) is 0 Å². The van der Waals surface area contributed by atoms with Crippen LogP contribution < -0.4 is 0 Å². The molecule has 0 aliphatic heterocycles. The SMILES string of the molecule is C=C(C(=O)OC1C[C@H]2CC[C@@]1(C)C2(C)C)c1ccc([N+](=O)[O-])cc1. The number of nitro groups is 1. The summed E-state index contributed by atoms with van der Waals surface area (Å²) in [7, 11) is 0. The number of nitro benzene ring substituents is 1. The van der Waals surface area contributed by atoms with Gasteiger partial charge in [0.25, 0.3) is 5.69 Å². The molecular weight excluding hydrogens is 306 g/mol. The lowest BCUT2D eigenvalue weighted by Crippen LogP contribution is -2.38. The summed E-state index contributed by atoms with van der Waals surface area (Å²) in [5.41, 5.74) is 0.963. The van der Waals surface area contributed by atoms with Crippen LogP contribution in [0.1, 0.15) is 45.6 Å². The molecule has 0 aromatic heterocycles. The zero-order chi connectivity index (χ0) is 17.7. The Hall–Kier alpha value is -2.17. The van der Waals surface area contributed by atoms with Crippen molar-refractivity contribution in [3.63, 3.8) is 0 Å². The Bertz CT molecular complexity index is 707. The monoisotopic (exact) mass is 329 g/mol. The van der Waals surface area contributed by atoms with Crippen molar-refractivity contribution in [2.75, 3.05) is 0 Å². The molecule has 3 atom stereocenters. The van der Waals surface area contributed by atoms with Crippen LogP contribution in [-0.2, 0) is 9.53 Å². The molecule has 0 spiro atoms. The number of non-ortho nitro benzene ring substituents is 1. The van der Waals surface area contributed by atoms with E-state index in [0.717, 1.165) is 12.8 Å². The third kappa shape index (κ3) is 2.34. The number of rotatable bonds is 4. The zero-order valence-electron chi connectivity index (χ0n) is 14.4. The van der Waals surface area contributed by atoms with Crippen molar-refractivity contribution in [1.29, 1.82) is 0 Å². The van der Waals surface area contributed by atoms with Crippen molar-refractivity contribution >= 4 is 17.2 Å². The molecule has 0 amide bonds. The van der Waals surface area contributed by atoms with Gasteiger partial charge in [0.1, 0.15) is 6.10 Å². The van der Waals surface area contributed by atoms with Crippen LogP contribution in [-0.4, -0.2) is 17.0 Å². The molecule has 1 unspecified atom stereocenters. The van der Waals surface area contributed by atoms with Crippen molar-refractivity contribution in [3.8, 4) is 0 Å². The first-order valence-electron chi connectivity index (χ1n) is 8.31. The maximum Gasteiger partial charge on any atom is 0.338 e. The van der Waals surface area contributed by atoms with Gasteiger partial charge in [-0.05, 0) is 48.3 Å². The molecule has 5 heteroatoms. The average Bonchev–Trinajstić information content (AvgIpc) is 2.87. The molecular formula is C19H23NO4. The number of hydrogen-bond donors (Lipinski definition) is 0. The lowest BCUT2D eigenvalue weighted by atomic mass is 9.70. The Labute approximate surface area is 141 Å². The number of hydrogen-bond acceptors (Lipinski definition) is 4. The minimum Gasteiger partial charge on any atom is -0.458 e. The largest absolute Gasteiger partial charge is 0.458 e. The molecule has 3 rings (SSSR count). The first-order chi connectivity index (χ1) is 11.2. The molecule has 2 saturated carbocycles. The van der Waals surface area contributed by atoms with Crippen molar-refractivity contribution < 1.29 is 14.5 Å². The predicted octanol–water partition coefficient (Wildman–Crippen LogP) is 4.37. The Morgan fingerprint density at radius 3 is 2.38 bits per heavy atom. The van der Waals surface area contributed by atoms with Crippen molar-refractivity contribution in [3.05, 3.63) is 46.5 Å². The van der Waals surface area contributed by atoms with Crippen molar-refractivity contribution in [2.24, 2.45) is 16.7 Å². The number of fused-ring (bicyclic) bond motifs is 2. The molecule has 0 radical (unpaired) electrons. The summed E-state index contributed by atoms with van der Waals surface area (Å²) in [6, 6.07) is 5.81. The molecule has 24 heavy (non-hydrogen) atoms. The first kappa shape index (κ1) is 16.7. The van der Waals surface area contributed by atoms with E-state index in [1.807, 2.05) is 0 Å². The molecule has 0 N–H and O–H groups in total. The molecule has 128 valence electrons. The second-order valence-electron chi connectivity index (χ2n) is 7.79. The van der Waals surface area contributed by atoms with Gasteiger partial charge in [-0.2, -0.15) is 0 Å². The second kappa shape index (κ2) is 5.43. The van der Waals surface area contributed by atoms with Gasteiger partial charge >= 0.3 is 5.97 Å². The fraction of sp³-hybridized carbons (Fsp3) is 0.526. The van der Waals surface area contributed by atoms with E-state index in [0.29, 0.717) is 11.5 Å². The van der Waals surface area contributed by atoms with Gasteiger partial charge in [-0.3, -0.25) is 10.1 Å². The molecule has 2 fully saturated rings. The van der Waals surface area contributed by atoms with Crippen LogP contribution in [0.15, 0.2) is 30.8 Å². The fourth-order valence-corrected chi connectivity index (χ4v) is 4.41. The van der Waals surface area contributed by atoms with Gasteiger partial charge in [0.05, 0.1) is 10.5 Å². The van der Waals surface area contributed by atoms with Crippen LogP contribution in [0.3, 0.4) is 0 Å². The third-order valence-electron chi connectivity index (χ3n) is 6.64. The lowest BCUT2D eigenvalue weighted by Gasteiger charge is -2.38. The van der Waals surface area contributed by atoms with Crippen LogP contribution in [0.2, 0.25) is 0 Å². The highest BCUT2D eigenvalue weighted by Crippen LogP contribution is 2.66. The Morgan fingerprint density at radius 2 is 1.92 bits per heavy atom. The summed E-state index contributed by atoms with van der Waals surface area (Å²) in [5.74, 6) is 0.159. The van der Waals surface area contributed by atoms with E-state index >= 15 is 0 Å². The lowest BCUT2D eigenvalue weighted by molar-refractivity contribution is -0.384. The van der Waals surface area contributed by atoms with Gasteiger partial charge in [-0.25, -0.2) is 4.79 Å². The highest BCUT2D eigenvalue weighted by atomic mass is 16.6. The smallest absolute Gasteiger partial charge is 0.338 e. The van der Waals surface area contributed by atoms with E-state index in [1.165, 1.54) is 30.7 Å². The molecule has 0 saturated heterocycles. The minimum absolute atomic E-state index is 0.00306. The first-order valence-corrected chi connectivity index (χ1v) is 8.31. The molecule has 1 aromatic rings. The number of carbonyl (C=O) groups excluding carboxylic acids is 1. The number of esters is 1. The summed E-state index contributed by atoms with van der Waals surface area (Å²) in [5, 5.41) is 10.7. The average molecular weight is 329 g/mol. The van der Waals surface area contributed by atoms with Gasteiger partial charge in [-0.15, -0.1) is 0 Å². The summed E-state index contributed by atoms with van der Waals surface area (Å²) in [6.07, 6.45) is 3.09. The second-order valence-corrected chi connectivity index (χ2v) is 7.79. The van der Waals surface area contributed by atoms with Gasteiger partial charge in [0.2, 0.25) is 0 Å². The van der Waals surface area contributed by atoms with Crippen LogP contribution in [0, 0.1) is 26.9 Å². The Balaban J connectivity index is 1.72. The van der Waals surface area contributed by atoms with Gasteiger partial charge in [0, 0.05) is 17.5 Å². The van der Waals surface area contributed by atoms with E-state index in [2.05, 4.69) is 27.4 Å². The van der Waals surface area contributed by atoms with Crippen molar-refractivity contribution in [1.82, 2.24) is 0 Å². The number of carbonyl (C=O) groups is 1. The van der Waals surface area contributed by atoms with Gasteiger partial charge < -0.3 is 4.74 Å². The number of ether oxygens (including phenoxy) is 1. The minimum atomic E-state index is -0.469. The quantitative estimate of drug-likeness (QED) is 0.356. The van der Waals surface area contributed by atoms with E-state index in [1.54, 1.807) is 0 Å². The predicted molar refractivity (Wildman–Crippen MR) is 91.2 cm³/mol. The van der Waals surface area contributed by atoms with E-state index in [4.69, 9.17) is 4.74 Å². The van der Waals surface area contributed by atoms with E-state index < -0.39 is 10.9 Å². The highest BCUT2D eigenvalue weighted by Gasteiger charge is 2.62. The Morgan fingerprint density at radius 1 is 1.29 bits per heavy atom. The van der Waals surface area contributed by atoms with E-state index in [9.17, 15) is 14.9 Å². The maximum atomic E-state index is 12.5. The molecule has 2 bridgehead atoms. The van der Waals surface area contributed by atoms with Gasteiger partial charge in [-0.1, -0.05) is 27.4 Å². The summed E-state index contributed by atoms with van der Waals surface area (Å²) in [4.78, 5) is 22.7. The summed E-state index contributed by atoms with van der Waals surface area (Å²) in [6.45, 7) is 10.6. The third-order valence-corrected chi connectivity index (χ3v) is 6.64. The topological polar surface area (TPSA) is 69.4 Å². The Kier molecular flexibility index (Phi) is 3.78. The molecule has 2 aliphatic carbocycles. The van der Waals surface area contributed by atoms with Crippen LogP contribution in [0.25, 0.3) is 5.57 Å². The fourth-order valence-electron chi connectivity index (χ4n) is 4.41. The maximum absolute atomic E-state index is 12.5. The normalized spacial score (nSPS) is 30.1. The molecule has 1 aromatic carbocycles. The van der Waals surface area contributed by atoms with Crippen LogP contribution in [0.5, 0.6) is 0 Å². The van der Waals surface area contributed by atoms with E-state index in [-0.39, 0.29) is 28.2 Å². The zero-order valence-corrected chi connectivity index (χ0v) is 14.4. The molecule has 5 nitrogen and oxygen atoms in total. The molecule has 2 aliphatic rings. The summed E-state index contributed by atoms with van der Waals surface area (Å²) >= 11 is 0. The van der Waals surface area contributed by atoms with Crippen LogP contribution in [0.4, 0.5) is 5.69 Å². The highest BCUT2D eigenvalue weighted by molar-refractivity contribution is 6.15. The van der Waals surface area contributed by atoms with Crippen molar-refractivity contribution in [2.45, 2.75) is 46.1 Å². The number of nitrogens with zero attached hydrogens (tertiary/aromatic N) is 1. The molecule has 0 heterocycles. The van der Waals surface area contributed by atoms with Crippen LogP contribution >= 0.6 is 0 Å². The standard InChI is InChI=1S/C19H23NO4/c1-12(13-5-7-15(8-6-13)20(22)23)17(21)24-16-11-14-9-10-19(16,4)18(14,2)3/h5-8,14,16H,1,9-11H2,2-4H3/t14-,16?,19-/m1/s1.